The zero-order valence-corrected chi connectivity index (χ0v) is 15.6. The van der Waals surface area contributed by atoms with Crippen LogP contribution in [0.1, 0.15) is 58.8 Å². The van der Waals surface area contributed by atoms with Crippen molar-refractivity contribution in [2.75, 3.05) is 20.3 Å². The van der Waals surface area contributed by atoms with E-state index < -0.39 is 0 Å². The van der Waals surface area contributed by atoms with Crippen molar-refractivity contribution in [2.45, 2.75) is 58.8 Å². The number of hydrogen-bond donors (Lipinski definition) is 0. The Bertz CT molecular complexity index is 478. The van der Waals surface area contributed by atoms with Gasteiger partial charge in [0.15, 0.2) is 0 Å². The molecule has 0 aromatic rings. The predicted molar refractivity (Wildman–Crippen MR) is 94.8 cm³/mol. The summed E-state index contributed by atoms with van der Waals surface area (Å²) in [5.41, 5.74) is 1.41. The number of carbonyl (C=O) groups excluding carboxylic acids is 3. The molecule has 0 radical (unpaired) electrons. The second-order valence-corrected chi connectivity index (χ2v) is 5.78. The first-order valence-electron chi connectivity index (χ1n) is 8.57. The van der Waals surface area contributed by atoms with Gasteiger partial charge in [0.05, 0.1) is 7.11 Å². The van der Waals surface area contributed by atoms with Crippen molar-refractivity contribution in [1.82, 2.24) is 0 Å². The number of allylic oxidation sites excluding steroid dienone is 1. The predicted octanol–water partition coefficient (Wildman–Crippen LogP) is 3.50. The van der Waals surface area contributed by atoms with E-state index in [0.29, 0.717) is 12.0 Å². The maximum atomic E-state index is 11.0. The molecule has 0 spiro atoms. The molecule has 0 aromatic heterocycles. The van der Waals surface area contributed by atoms with E-state index in [4.69, 9.17) is 9.47 Å². The van der Waals surface area contributed by atoms with Crippen LogP contribution < -0.4 is 0 Å². The van der Waals surface area contributed by atoms with Crippen molar-refractivity contribution in [1.29, 1.82) is 0 Å². The van der Waals surface area contributed by atoms with Crippen LogP contribution in [0.15, 0.2) is 23.8 Å². The van der Waals surface area contributed by atoms with Gasteiger partial charge in [0.1, 0.15) is 13.2 Å². The molecule has 0 unspecified atom stereocenters. The molecule has 0 aromatic carbocycles. The third-order valence-electron chi connectivity index (χ3n) is 3.54. The van der Waals surface area contributed by atoms with Crippen LogP contribution in [0.25, 0.3) is 0 Å². The molecular weight excluding hydrogens is 324 g/mol. The topological polar surface area (TPSA) is 78.9 Å². The van der Waals surface area contributed by atoms with E-state index in [2.05, 4.69) is 11.3 Å². The van der Waals surface area contributed by atoms with Crippen LogP contribution in [-0.2, 0) is 28.6 Å². The fraction of sp³-hybridized carbons (Fsp3) is 0.632. The van der Waals surface area contributed by atoms with Crippen LogP contribution in [0.2, 0.25) is 0 Å². The van der Waals surface area contributed by atoms with Gasteiger partial charge < -0.3 is 14.2 Å². The second kappa shape index (κ2) is 14.3. The summed E-state index contributed by atoms with van der Waals surface area (Å²) >= 11 is 0. The Morgan fingerprint density at radius 3 is 2.04 bits per heavy atom. The number of carbonyl (C=O) groups is 3. The van der Waals surface area contributed by atoms with Crippen LogP contribution in [-0.4, -0.2) is 38.2 Å². The van der Waals surface area contributed by atoms with Crippen molar-refractivity contribution >= 4 is 17.9 Å². The van der Waals surface area contributed by atoms with E-state index in [1.54, 1.807) is 0 Å². The van der Waals surface area contributed by atoms with Crippen LogP contribution in [0, 0.1) is 0 Å². The summed E-state index contributed by atoms with van der Waals surface area (Å²) in [5, 5.41) is 0. The lowest BCUT2D eigenvalue weighted by atomic mass is 10.0. The number of ether oxygens (including phenoxy) is 3. The fourth-order valence-corrected chi connectivity index (χ4v) is 2.09. The molecule has 0 saturated heterocycles. The molecule has 0 atom stereocenters. The Balaban J connectivity index is 4.15. The summed E-state index contributed by atoms with van der Waals surface area (Å²) in [6, 6.07) is 0. The summed E-state index contributed by atoms with van der Waals surface area (Å²) in [6.45, 7) is 6.80. The van der Waals surface area contributed by atoms with Crippen molar-refractivity contribution in [3.05, 3.63) is 23.8 Å². The monoisotopic (exact) mass is 354 g/mol. The highest BCUT2D eigenvalue weighted by molar-refractivity contribution is 5.69. The molecule has 6 nitrogen and oxygen atoms in total. The normalized spacial score (nSPS) is 10.9. The first-order valence-corrected chi connectivity index (χ1v) is 8.57. The molecule has 25 heavy (non-hydrogen) atoms. The number of hydrogen-bond acceptors (Lipinski definition) is 6. The van der Waals surface area contributed by atoms with Gasteiger partial charge in [-0.3, -0.25) is 14.4 Å². The summed E-state index contributed by atoms with van der Waals surface area (Å²) in [6.07, 6.45) is 8.21. The van der Waals surface area contributed by atoms with E-state index in [1.807, 2.05) is 6.08 Å². The Morgan fingerprint density at radius 2 is 1.44 bits per heavy atom. The number of unbranched alkanes of at least 4 members (excludes halogenated alkanes) is 5. The zero-order valence-electron chi connectivity index (χ0n) is 15.6. The fourth-order valence-electron chi connectivity index (χ4n) is 2.09. The van der Waals surface area contributed by atoms with E-state index in [9.17, 15) is 14.4 Å². The first kappa shape index (κ1) is 22.9. The summed E-state index contributed by atoms with van der Waals surface area (Å²) in [5.74, 6) is -0.902. The standard InChI is InChI=1S/C19H30O6/c1-15(13-24-16(2)20)18(14-25-17(3)21)11-9-7-5-6-8-10-12-19(22)23-4/h11H,1,5-10,12-14H2,2-4H3/b18-11-. The third-order valence-corrected chi connectivity index (χ3v) is 3.54. The Labute approximate surface area is 150 Å². The lowest BCUT2D eigenvalue weighted by molar-refractivity contribution is -0.141. The van der Waals surface area contributed by atoms with Gasteiger partial charge in [-0.1, -0.05) is 31.9 Å². The smallest absolute Gasteiger partial charge is 0.305 e. The highest BCUT2D eigenvalue weighted by Gasteiger charge is 2.07. The molecule has 6 heteroatoms. The van der Waals surface area contributed by atoms with Crippen LogP contribution in [0.3, 0.4) is 0 Å². The Hall–Kier alpha value is -2.11. The number of esters is 3. The van der Waals surface area contributed by atoms with E-state index in [0.717, 1.165) is 44.1 Å². The zero-order chi connectivity index (χ0) is 19.1. The van der Waals surface area contributed by atoms with Gasteiger partial charge in [-0.05, 0) is 30.4 Å². The largest absolute Gasteiger partial charge is 0.469 e. The molecule has 0 saturated carbocycles. The maximum Gasteiger partial charge on any atom is 0.305 e. The van der Waals surface area contributed by atoms with E-state index in [1.165, 1.54) is 21.0 Å². The minimum Gasteiger partial charge on any atom is -0.469 e. The van der Waals surface area contributed by atoms with Gasteiger partial charge in [-0.2, -0.15) is 0 Å². The molecule has 0 aliphatic carbocycles. The summed E-state index contributed by atoms with van der Waals surface area (Å²) in [7, 11) is 1.40. The minimum atomic E-state index is -0.375. The quantitative estimate of drug-likeness (QED) is 0.218. The van der Waals surface area contributed by atoms with Gasteiger partial charge in [-0.15, -0.1) is 0 Å². The molecule has 0 aliphatic heterocycles. The number of methoxy groups -OCH3 is 1. The molecule has 0 heterocycles. The average Bonchev–Trinajstić information content (AvgIpc) is 2.56. The average molecular weight is 354 g/mol. The van der Waals surface area contributed by atoms with Crippen molar-refractivity contribution in [2.24, 2.45) is 0 Å². The number of rotatable bonds is 13. The minimum absolute atomic E-state index is 0.0932. The SMILES string of the molecule is C=C(COC(C)=O)/C(=C\CCCCCCCC(=O)OC)COC(C)=O. The van der Waals surface area contributed by atoms with Gasteiger partial charge in [-0.25, -0.2) is 0 Å². The summed E-state index contributed by atoms with van der Waals surface area (Å²) in [4.78, 5) is 32.9. The molecule has 0 rings (SSSR count). The third kappa shape index (κ3) is 14.0. The van der Waals surface area contributed by atoms with Crippen molar-refractivity contribution in [3.8, 4) is 0 Å². The van der Waals surface area contributed by atoms with Crippen LogP contribution in [0.5, 0.6) is 0 Å². The van der Waals surface area contributed by atoms with Gasteiger partial charge in [0, 0.05) is 20.3 Å². The van der Waals surface area contributed by atoms with Crippen molar-refractivity contribution in [3.63, 3.8) is 0 Å². The highest BCUT2D eigenvalue weighted by Crippen LogP contribution is 2.14. The van der Waals surface area contributed by atoms with Gasteiger partial charge in [0.25, 0.3) is 0 Å². The molecular formula is C19H30O6. The molecule has 0 bridgehead atoms. The molecule has 0 N–H and O–H groups in total. The van der Waals surface area contributed by atoms with E-state index >= 15 is 0 Å². The first-order chi connectivity index (χ1) is 11.9. The molecule has 0 aliphatic rings. The Kier molecular flexibility index (Phi) is 13.0. The lowest BCUT2D eigenvalue weighted by Gasteiger charge is -2.11. The second-order valence-electron chi connectivity index (χ2n) is 5.78. The Morgan fingerprint density at radius 1 is 0.880 bits per heavy atom. The van der Waals surface area contributed by atoms with Crippen LogP contribution in [0.4, 0.5) is 0 Å². The van der Waals surface area contributed by atoms with E-state index in [-0.39, 0.29) is 31.1 Å². The van der Waals surface area contributed by atoms with Crippen LogP contribution >= 0.6 is 0 Å². The maximum absolute atomic E-state index is 11.0. The molecule has 0 amide bonds. The van der Waals surface area contributed by atoms with Gasteiger partial charge >= 0.3 is 17.9 Å². The van der Waals surface area contributed by atoms with Gasteiger partial charge in [0.2, 0.25) is 0 Å². The highest BCUT2D eigenvalue weighted by atomic mass is 16.5. The lowest BCUT2D eigenvalue weighted by Crippen LogP contribution is -2.10. The molecule has 0 fully saturated rings. The molecule has 142 valence electrons. The summed E-state index contributed by atoms with van der Waals surface area (Å²) < 4.78 is 14.6. The van der Waals surface area contributed by atoms with Crippen molar-refractivity contribution < 1.29 is 28.6 Å².